The Morgan fingerprint density at radius 2 is 2.05 bits per heavy atom. The maximum absolute atomic E-state index is 13.6. The molecule has 220 valence electrons. The monoisotopic (exact) mass is 563 g/mol. The maximum atomic E-state index is 13.6. The molecule has 0 unspecified atom stereocenters. The summed E-state index contributed by atoms with van der Waals surface area (Å²) in [6.45, 7) is 5.19. The molecular weight excluding hydrogens is 521 g/mol. The first-order chi connectivity index (χ1) is 19.7. The van der Waals surface area contributed by atoms with Gasteiger partial charge < -0.3 is 25.8 Å². The normalized spacial score (nSPS) is 17.4. The lowest BCUT2D eigenvalue weighted by Gasteiger charge is -2.30. The highest BCUT2D eigenvalue weighted by atomic mass is 19.1. The van der Waals surface area contributed by atoms with Crippen molar-refractivity contribution in [1.82, 2.24) is 25.1 Å². The van der Waals surface area contributed by atoms with Crippen LogP contribution in [0.2, 0.25) is 0 Å². The number of benzene rings is 1. The van der Waals surface area contributed by atoms with Crippen molar-refractivity contribution >= 4 is 29.3 Å². The summed E-state index contributed by atoms with van der Waals surface area (Å²) in [5.74, 6) is 6.99. The third-order valence-corrected chi connectivity index (χ3v) is 6.88. The Kier molecular flexibility index (Phi) is 12.1. The number of hydrogen-bond acceptors (Lipinski definition) is 7. The summed E-state index contributed by atoms with van der Waals surface area (Å²) in [6.07, 6.45) is 9.40. The number of anilines is 3. The lowest BCUT2D eigenvalue weighted by molar-refractivity contribution is -0.135. The summed E-state index contributed by atoms with van der Waals surface area (Å²) < 4.78 is 13.6. The number of halogens is 1. The van der Waals surface area contributed by atoms with Crippen molar-refractivity contribution in [3.8, 4) is 11.8 Å². The van der Waals surface area contributed by atoms with Gasteiger partial charge in [-0.25, -0.2) is 9.37 Å². The molecule has 0 radical (unpaired) electrons. The fourth-order valence-corrected chi connectivity index (χ4v) is 4.41. The number of amides is 2. The van der Waals surface area contributed by atoms with E-state index in [9.17, 15) is 14.0 Å². The Hall–Kier alpha value is -3.97. The summed E-state index contributed by atoms with van der Waals surface area (Å²) in [7, 11) is 5.50. The van der Waals surface area contributed by atoms with E-state index in [0.717, 1.165) is 38.6 Å². The van der Waals surface area contributed by atoms with Gasteiger partial charge in [-0.3, -0.25) is 9.59 Å². The van der Waals surface area contributed by atoms with E-state index >= 15 is 0 Å². The number of likely N-dealkylation sites (N-methyl/N-ethyl adjacent to an activating group) is 2. The molecule has 9 nitrogen and oxygen atoms in total. The van der Waals surface area contributed by atoms with Crippen LogP contribution in [0.25, 0.3) is 0 Å². The Labute approximate surface area is 243 Å². The smallest absolute Gasteiger partial charge is 0.246 e. The van der Waals surface area contributed by atoms with Crippen LogP contribution in [0.15, 0.2) is 42.6 Å². The maximum Gasteiger partial charge on any atom is 0.246 e. The second-order valence-corrected chi connectivity index (χ2v) is 10.6. The molecule has 10 heteroatoms. The zero-order valence-corrected chi connectivity index (χ0v) is 24.7. The highest BCUT2D eigenvalue weighted by Gasteiger charge is 2.26. The fourth-order valence-electron chi connectivity index (χ4n) is 4.41. The van der Waals surface area contributed by atoms with Crippen LogP contribution < -0.4 is 16.0 Å². The van der Waals surface area contributed by atoms with Crippen molar-refractivity contribution in [3.63, 3.8) is 0 Å². The third kappa shape index (κ3) is 10.2. The van der Waals surface area contributed by atoms with Crippen LogP contribution >= 0.6 is 0 Å². The molecule has 41 heavy (non-hydrogen) atoms. The SMILES string of the molecule is CCCNc1nc(Nc2cccc(F)c2)ncc1C#C[C@H]1CCC[C@@H](NC(=O)[C@H](C)N(C)C(=O)/C=C/CN(C)C)C1. The number of carbonyl (C=O) groups is 2. The van der Waals surface area contributed by atoms with Gasteiger partial charge in [-0.1, -0.05) is 37.3 Å². The first-order valence-corrected chi connectivity index (χ1v) is 14.2. The average Bonchev–Trinajstić information content (AvgIpc) is 2.94. The van der Waals surface area contributed by atoms with E-state index in [1.54, 1.807) is 38.4 Å². The number of aromatic nitrogens is 2. The molecule has 1 aromatic carbocycles. The number of nitrogens with one attached hydrogen (secondary N) is 3. The van der Waals surface area contributed by atoms with Gasteiger partial charge in [-0.05, 0) is 64.9 Å². The highest BCUT2D eigenvalue weighted by molar-refractivity contribution is 5.92. The molecule has 1 fully saturated rings. The van der Waals surface area contributed by atoms with Gasteiger partial charge in [0.2, 0.25) is 17.8 Å². The standard InChI is InChI=1S/C31H42FN7O2/c1-6-17-33-29-24(21-34-31(37-29)36-27-13-8-11-25(32)20-27)16-15-23-10-7-12-26(19-23)35-30(41)22(2)39(5)28(40)14-9-18-38(3)4/h8-9,11,13-14,20-23,26H,6-7,10,12,17-19H2,1-5H3,(H,35,41)(H2,33,34,36,37)/b14-9+/t22-,23+,26+/m0/s1. The molecule has 0 saturated heterocycles. The van der Waals surface area contributed by atoms with Gasteiger partial charge in [0.1, 0.15) is 17.7 Å². The van der Waals surface area contributed by atoms with E-state index < -0.39 is 6.04 Å². The molecule has 3 atom stereocenters. The molecule has 2 amide bonds. The lowest BCUT2D eigenvalue weighted by Crippen LogP contribution is -2.49. The second-order valence-electron chi connectivity index (χ2n) is 10.6. The zero-order chi connectivity index (χ0) is 29.8. The van der Waals surface area contributed by atoms with Crippen LogP contribution in [0.3, 0.4) is 0 Å². The molecule has 3 N–H and O–H groups in total. The first kappa shape index (κ1) is 31.6. The Balaban J connectivity index is 1.62. The second kappa shape index (κ2) is 15.7. The quantitative estimate of drug-likeness (QED) is 0.279. The molecule has 0 bridgehead atoms. The summed E-state index contributed by atoms with van der Waals surface area (Å²) in [4.78, 5) is 37.7. The van der Waals surface area contributed by atoms with Gasteiger partial charge in [-0.2, -0.15) is 4.98 Å². The Morgan fingerprint density at radius 3 is 2.78 bits per heavy atom. The van der Waals surface area contributed by atoms with E-state index in [4.69, 9.17) is 0 Å². The minimum atomic E-state index is -0.582. The topological polar surface area (TPSA) is 102 Å². The fraction of sp³-hybridized carbons (Fsp3) is 0.484. The average molecular weight is 564 g/mol. The van der Waals surface area contributed by atoms with Crippen molar-refractivity contribution in [1.29, 1.82) is 0 Å². The molecule has 1 aliphatic carbocycles. The molecule has 0 spiro atoms. The number of rotatable bonds is 11. The summed E-state index contributed by atoms with van der Waals surface area (Å²) in [5.41, 5.74) is 1.25. The molecule has 2 aromatic rings. The molecule has 0 aliphatic heterocycles. The third-order valence-electron chi connectivity index (χ3n) is 6.88. The minimum absolute atomic E-state index is 0.00225. The van der Waals surface area contributed by atoms with E-state index in [1.807, 2.05) is 19.0 Å². The Bertz CT molecular complexity index is 1270. The van der Waals surface area contributed by atoms with E-state index in [1.165, 1.54) is 23.1 Å². The van der Waals surface area contributed by atoms with Crippen molar-refractivity contribution in [2.24, 2.45) is 5.92 Å². The Morgan fingerprint density at radius 1 is 1.24 bits per heavy atom. The predicted octanol–water partition coefficient (Wildman–Crippen LogP) is 4.17. The largest absolute Gasteiger partial charge is 0.369 e. The van der Waals surface area contributed by atoms with E-state index in [-0.39, 0.29) is 29.6 Å². The van der Waals surface area contributed by atoms with Crippen molar-refractivity contribution in [2.75, 3.05) is 44.9 Å². The minimum Gasteiger partial charge on any atom is -0.369 e. The summed E-state index contributed by atoms with van der Waals surface area (Å²) in [6, 6.07) is 5.55. The summed E-state index contributed by atoms with van der Waals surface area (Å²) >= 11 is 0. The molecule has 1 heterocycles. The van der Waals surface area contributed by atoms with E-state index in [2.05, 4.69) is 44.7 Å². The van der Waals surface area contributed by atoms with Crippen molar-refractivity contribution < 1.29 is 14.0 Å². The van der Waals surface area contributed by atoms with Gasteiger partial charge >= 0.3 is 0 Å². The van der Waals surface area contributed by atoms with Gasteiger partial charge in [0.25, 0.3) is 0 Å². The van der Waals surface area contributed by atoms with Crippen LogP contribution in [0.1, 0.15) is 51.5 Å². The van der Waals surface area contributed by atoms with Crippen LogP contribution in [-0.4, -0.2) is 77.9 Å². The zero-order valence-electron chi connectivity index (χ0n) is 24.7. The summed E-state index contributed by atoms with van der Waals surface area (Å²) in [5, 5.41) is 9.47. The number of nitrogens with zero attached hydrogens (tertiary/aromatic N) is 4. The highest BCUT2D eigenvalue weighted by Crippen LogP contribution is 2.25. The lowest BCUT2D eigenvalue weighted by atomic mass is 9.86. The van der Waals surface area contributed by atoms with Gasteiger partial charge in [0, 0.05) is 43.9 Å². The van der Waals surface area contributed by atoms with Crippen LogP contribution in [0.4, 0.5) is 21.8 Å². The van der Waals surface area contributed by atoms with Crippen LogP contribution in [0, 0.1) is 23.6 Å². The van der Waals surface area contributed by atoms with Crippen LogP contribution in [-0.2, 0) is 9.59 Å². The van der Waals surface area contributed by atoms with E-state index in [0.29, 0.717) is 29.6 Å². The van der Waals surface area contributed by atoms with Crippen LogP contribution in [0.5, 0.6) is 0 Å². The number of hydrogen-bond donors (Lipinski definition) is 3. The first-order valence-electron chi connectivity index (χ1n) is 14.2. The number of carbonyl (C=O) groups excluding carboxylic acids is 2. The van der Waals surface area contributed by atoms with Crippen molar-refractivity contribution in [2.45, 2.75) is 58.0 Å². The van der Waals surface area contributed by atoms with Crippen molar-refractivity contribution in [3.05, 3.63) is 54.0 Å². The molecule has 1 aromatic heterocycles. The molecule has 1 aliphatic rings. The molecule has 1 saturated carbocycles. The van der Waals surface area contributed by atoms with Gasteiger partial charge in [0.15, 0.2) is 0 Å². The van der Waals surface area contributed by atoms with Gasteiger partial charge in [0.05, 0.1) is 11.8 Å². The molecular formula is C31H42FN7O2. The predicted molar refractivity (Wildman–Crippen MR) is 161 cm³/mol. The van der Waals surface area contributed by atoms with Gasteiger partial charge in [-0.15, -0.1) is 0 Å². The molecule has 3 rings (SSSR count).